The van der Waals surface area contributed by atoms with Crippen LogP contribution < -0.4 is 11.1 Å². The first-order valence-electron chi connectivity index (χ1n) is 6.26. The van der Waals surface area contributed by atoms with Gasteiger partial charge in [0, 0.05) is 16.5 Å². The Morgan fingerprint density at radius 1 is 1.35 bits per heavy atom. The molecule has 20 heavy (non-hydrogen) atoms. The lowest BCUT2D eigenvalue weighted by atomic mass is 10.1. The van der Waals surface area contributed by atoms with Crippen LogP contribution in [-0.2, 0) is 4.74 Å². The molecule has 0 saturated carbocycles. The molecule has 1 rings (SSSR count). The number of ketones is 1. The quantitative estimate of drug-likeness (QED) is 0.822. The molecular weight excluding hydrogens is 324 g/mol. The smallest absolute Gasteiger partial charge is 0.412 e. The molecule has 0 bridgehead atoms. The highest BCUT2D eigenvalue weighted by atomic mass is 79.9. The number of nitrogens with two attached hydrogens (primary N) is 1. The summed E-state index contributed by atoms with van der Waals surface area (Å²) in [5, 5.41) is 2.59. The molecule has 0 radical (unpaired) electrons. The molecule has 0 saturated heterocycles. The first kappa shape index (κ1) is 16.7. The summed E-state index contributed by atoms with van der Waals surface area (Å²) in [4.78, 5) is 23.7. The van der Waals surface area contributed by atoms with E-state index in [4.69, 9.17) is 10.5 Å². The highest BCUT2D eigenvalue weighted by Gasteiger charge is 2.19. The highest BCUT2D eigenvalue weighted by Crippen LogP contribution is 2.23. The number of Topliss-reactive ketones (excluding diaryl/α,β-unsaturated/α-hetero) is 1. The van der Waals surface area contributed by atoms with Crippen molar-refractivity contribution in [1.82, 2.24) is 0 Å². The van der Waals surface area contributed by atoms with Crippen LogP contribution in [0.2, 0.25) is 0 Å². The number of ether oxygens (including phenoxy) is 1. The molecule has 1 aromatic carbocycles. The Balaban J connectivity index is 2.95. The Morgan fingerprint density at radius 2 is 2.00 bits per heavy atom. The molecule has 1 amide bonds. The van der Waals surface area contributed by atoms with E-state index in [0.29, 0.717) is 11.3 Å². The van der Waals surface area contributed by atoms with Gasteiger partial charge in [0.25, 0.3) is 0 Å². The number of carbonyl (C=O) groups is 2. The SMILES string of the molecule is CC(C)(C)OC(=O)Nc1cc(Br)ccc1C(=O)CCN. The molecule has 6 heteroatoms. The molecule has 0 spiro atoms. The summed E-state index contributed by atoms with van der Waals surface area (Å²) in [6.45, 7) is 5.58. The number of amides is 1. The van der Waals surface area contributed by atoms with Crippen molar-refractivity contribution in [2.24, 2.45) is 5.73 Å². The van der Waals surface area contributed by atoms with E-state index in [9.17, 15) is 9.59 Å². The fourth-order valence-electron chi connectivity index (χ4n) is 1.54. The summed E-state index contributed by atoms with van der Waals surface area (Å²) in [6.07, 6.45) is -0.373. The summed E-state index contributed by atoms with van der Waals surface area (Å²) < 4.78 is 5.93. The number of benzene rings is 1. The number of nitrogens with one attached hydrogen (secondary N) is 1. The van der Waals surface area contributed by atoms with Crippen LogP contribution in [0.5, 0.6) is 0 Å². The summed E-state index contributed by atoms with van der Waals surface area (Å²) >= 11 is 3.31. The van der Waals surface area contributed by atoms with Crippen LogP contribution in [0.1, 0.15) is 37.6 Å². The van der Waals surface area contributed by atoms with Gasteiger partial charge in [0.05, 0.1) is 5.69 Å². The predicted molar refractivity (Wildman–Crippen MR) is 82.0 cm³/mol. The average Bonchev–Trinajstić information content (AvgIpc) is 2.26. The van der Waals surface area contributed by atoms with E-state index in [1.807, 2.05) is 0 Å². The normalized spacial score (nSPS) is 11.1. The van der Waals surface area contributed by atoms with Crippen molar-refractivity contribution in [2.75, 3.05) is 11.9 Å². The third-order valence-electron chi connectivity index (χ3n) is 2.29. The van der Waals surface area contributed by atoms with Crippen LogP contribution in [0.25, 0.3) is 0 Å². The average molecular weight is 343 g/mol. The third-order valence-corrected chi connectivity index (χ3v) is 2.78. The molecule has 0 unspecified atom stereocenters. The van der Waals surface area contributed by atoms with E-state index in [-0.39, 0.29) is 18.7 Å². The van der Waals surface area contributed by atoms with Crippen LogP contribution in [-0.4, -0.2) is 24.0 Å². The van der Waals surface area contributed by atoms with Crippen LogP contribution in [0.3, 0.4) is 0 Å². The van der Waals surface area contributed by atoms with Crippen molar-refractivity contribution in [2.45, 2.75) is 32.8 Å². The number of hydrogen-bond donors (Lipinski definition) is 2. The fourth-order valence-corrected chi connectivity index (χ4v) is 1.90. The number of halogens is 1. The highest BCUT2D eigenvalue weighted by molar-refractivity contribution is 9.10. The number of rotatable bonds is 4. The standard InChI is InChI=1S/C14H19BrN2O3/c1-14(2,3)20-13(19)17-11-8-9(15)4-5-10(11)12(18)6-7-16/h4-5,8H,6-7,16H2,1-3H3,(H,17,19). The monoisotopic (exact) mass is 342 g/mol. The van der Waals surface area contributed by atoms with Crippen molar-refractivity contribution >= 4 is 33.5 Å². The van der Waals surface area contributed by atoms with Gasteiger partial charge in [-0.2, -0.15) is 0 Å². The molecule has 3 N–H and O–H groups in total. The molecule has 110 valence electrons. The van der Waals surface area contributed by atoms with E-state index in [1.165, 1.54) is 0 Å². The van der Waals surface area contributed by atoms with E-state index in [0.717, 1.165) is 4.47 Å². The zero-order valence-electron chi connectivity index (χ0n) is 11.8. The first-order chi connectivity index (χ1) is 9.23. The second kappa shape index (κ2) is 6.85. The molecule has 0 aliphatic rings. The fraction of sp³-hybridized carbons (Fsp3) is 0.429. The molecular formula is C14H19BrN2O3. The van der Waals surface area contributed by atoms with Gasteiger partial charge in [-0.1, -0.05) is 15.9 Å². The minimum atomic E-state index is -0.600. The Kier molecular flexibility index (Phi) is 5.71. The van der Waals surface area contributed by atoms with E-state index in [2.05, 4.69) is 21.2 Å². The van der Waals surface area contributed by atoms with Crippen LogP contribution in [0, 0.1) is 0 Å². The van der Waals surface area contributed by atoms with Crippen molar-refractivity contribution in [3.63, 3.8) is 0 Å². The molecule has 5 nitrogen and oxygen atoms in total. The van der Waals surface area contributed by atoms with Gasteiger partial charge in [0.15, 0.2) is 5.78 Å². The minimum Gasteiger partial charge on any atom is -0.444 e. The second-order valence-corrected chi connectivity index (χ2v) is 6.19. The largest absolute Gasteiger partial charge is 0.444 e. The predicted octanol–water partition coefficient (Wildman–Crippen LogP) is 3.33. The lowest BCUT2D eigenvalue weighted by Gasteiger charge is -2.20. The van der Waals surface area contributed by atoms with E-state index in [1.54, 1.807) is 39.0 Å². The lowest BCUT2D eigenvalue weighted by molar-refractivity contribution is 0.0636. The summed E-state index contributed by atoms with van der Waals surface area (Å²) in [6, 6.07) is 5.05. The maximum Gasteiger partial charge on any atom is 0.412 e. The molecule has 0 aliphatic heterocycles. The van der Waals surface area contributed by atoms with E-state index < -0.39 is 11.7 Å². The van der Waals surface area contributed by atoms with Crippen LogP contribution in [0.15, 0.2) is 22.7 Å². The van der Waals surface area contributed by atoms with Crippen LogP contribution >= 0.6 is 15.9 Å². The van der Waals surface area contributed by atoms with Gasteiger partial charge >= 0.3 is 6.09 Å². The Hall–Kier alpha value is -1.40. The molecule has 0 atom stereocenters. The zero-order chi connectivity index (χ0) is 15.3. The number of carbonyl (C=O) groups excluding carboxylic acids is 2. The Bertz CT molecular complexity index is 510. The number of anilines is 1. The molecule has 1 aromatic rings. The van der Waals surface area contributed by atoms with Gasteiger partial charge in [-0.3, -0.25) is 10.1 Å². The maximum absolute atomic E-state index is 12.0. The van der Waals surface area contributed by atoms with Gasteiger partial charge in [0.2, 0.25) is 0 Å². The topological polar surface area (TPSA) is 81.4 Å². The van der Waals surface area contributed by atoms with Crippen molar-refractivity contribution in [3.8, 4) is 0 Å². The van der Waals surface area contributed by atoms with Gasteiger partial charge in [-0.25, -0.2) is 4.79 Å². The third kappa shape index (κ3) is 5.30. The zero-order valence-corrected chi connectivity index (χ0v) is 13.4. The maximum atomic E-state index is 12.0. The molecule has 0 heterocycles. The van der Waals surface area contributed by atoms with Crippen molar-refractivity contribution in [3.05, 3.63) is 28.2 Å². The molecule has 0 aromatic heterocycles. The van der Waals surface area contributed by atoms with Crippen molar-refractivity contribution < 1.29 is 14.3 Å². The number of hydrogen-bond acceptors (Lipinski definition) is 4. The van der Waals surface area contributed by atoms with E-state index >= 15 is 0 Å². The lowest BCUT2D eigenvalue weighted by Crippen LogP contribution is -2.27. The summed E-state index contributed by atoms with van der Waals surface area (Å²) in [5.74, 6) is -0.119. The second-order valence-electron chi connectivity index (χ2n) is 5.28. The summed E-state index contributed by atoms with van der Waals surface area (Å²) in [5.41, 5.74) is 5.62. The van der Waals surface area contributed by atoms with Crippen LogP contribution in [0.4, 0.5) is 10.5 Å². The van der Waals surface area contributed by atoms with Crippen molar-refractivity contribution in [1.29, 1.82) is 0 Å². The van der Waals surface area contributed by atoms with Gasteiger partial charge in [-0.05, 0) is 45.5 Å². The van der Waals surface area contributed by atoms with Gasteiger partial charge in [0.1, 0.15) is 5.60 Å². The van der Waals surface area contributed by atoms with Gasteiger partial charge < -0.3 is 10.5 Å². The first-order valence-corrected chi connectivity index (χ1v) is 7.05. The Labute approximate surface area is 127 Å². The molecule has 0 fully saturated rings. The minimum absolute atomic E-state index is 0.119. The molecule has 0 aliphatic carbocycles. The summed E-state index contributed by atoms with van der Waals surface area (Å²) in [7, 11) is 0. The van der Waals surface area contributed by atoms with Gasteiger partial charge in [-0.15, -0.1) is 0 Å². The Morgan fingerprint density at radius 3 is 2.55 bits per heavy atom.